The minimum atomic E-state index is -0.239. The zero-order valence-corrected chi connectivity index (χ0v) is 18.8. The van der Waals surface area contributed by atoms with Crippen LogP contribution in [0, 0.1) is 0 Å². The van der Waals surface area contributed by atoms with Gasteiger partial charge in [-0.15, -0.1) is 5.10 Å². The molecular formula is C25H26N6O3. The average molecular weight is 459 g/mol. The van der Waals surface area contributed by atoms with Gasteiger partial charge in [0.25, 0.3) is 0 Å². The molecule has 9 nitrogen and oxygen atoms in total. The summed E-state index contributed by atoms with van der Waals surface area (Å²) in [6, 6.07) is 22.1. The fraction of sp³-hybridized carbons (Fsp3) is 0.200. The van der Waals surface area contributed by atoms with Crippen LogP contribution in [0.2, 0.25) is 0 Å². The average Bonchev–Trinajstić information content (AvgIpc) is 3.15. The molecule has 2 N–H and O–H groups in total. The molecule has 2 aromatic carbocycles. The van der Waals surface area contributed by atoms with Gasteiger partial charge in [0.15, 0.2) is 5.65 Å². The lowest BCUT2D eigenvalue weighted by Crippen LogP contribution is -2.38. The van der Waals surface area contributed by atoms with E-state index in [2.05, 4.69) is 15.7 Å². The van der Waals surface area contributed by atoms with Crippen LogP contribution in [0.4, 0.5) is 10.5 Å². The Bertz CT molecular complexity index is 1350. The number of anilines is 1. The van der Waals surface area contributed by atoms with E-state index in [1.165, 1.54) is 9.08 Å². The molecule has 4 rings (SSSR count). The third kappa shape index (κ3) is 5.69. The van der Waals surface area contributed by atoms with Crippen molar-refractivity contribution in [2.75, 3.05) is 18.9 Å². The standard InChI is InChI=1S/C25H26N6O3/c1-29(17-19-8-3-2-4-9-19)24(33)26-14-13-23(32)27-21-11-7-10-20(16-21)18-31-25(34)30-15-6-5-12-22(30)28-31/h2-12,15-16H,13-14,17-18H2,1H3,(H,26,33)(H,27,32). The minimum Gasteiger partial charge on any atom is -0.337 e. The first kappa shape index (κ1) is 22.8. The molecule has 174 valence electrons. The van der Waals surface area contributed by atoms with Gasteiger partial charge in [0.05, 0.1) is 6.54 Å². The Balaban J connectivity index is 1.27. The lowest BCUT2D eigenvalue weighted by atomic mass is 10.2. The predicted molar refractivity (Wildman–Crippen MR) is 130 cm³/mol. The van der Waals surface area contributed by atoms with Crippen LogP contribution in [-0.4, -0.2) is 44.6 Å². The van der Waals surface area contributed by atoms with Crippen LogP contribution in [0.15, 0.2) is 83.8 Å². The summed E-state index contributed by atoms with van der Waals surface area (Å²) in [4.78, 5) is 38.6. The SMILES string of the molecule is CN(Cc1ccccc1)C(=O)NCCC(=O)Nc1cccc(Cn2nc3ccccn3c2=O)c1. The summed E-state index contributed by atoms with van der Waals surface area (Å²) in [6.45, 7) is 0.995. The van der Waals surface area contributed by atoms with Crippen molar-refractivity contribution in [1.82, 2.24) is 24.4 Å². The maximum absolute atomic E-state index is 12.5. The Morgan fingerprint density at radius 3 is 2.53 bits per heavy atom. The van der Waals surface area contributed by atoms with Gasteiger partial charge in [0.1, 0.15) is 0 Å². The Kier molecular flexibility index (Phi) is 7.02. The van der Waals surface area contributed by atoms with E-state index in [0.29, 0.717) is 17.9 Å². The monoisotopic (exact) mass is 458 g/mol. The summed E-state index contributed by atoms with van der Waals surface area (Å²) in [5, 5.41) is 9.93. The number of fused-ring (bicyclic) bond motifs is 1. The first-order valence-electron chi connectivity index (χ1n) is 11.0. The Labute approximate surface area is 196 Å². The number of carbonyl (C=O) groups is 2. The molecule has 0 bridgehead atoms. The second-order valence-electron chi connectivity index (χ2n) is 7.94. The molecule has 0 radical (unpaired) electrons. The van der Waals surface area contributed by atoms with Crippen LogP contribution in [-0.2, 0) is 17.9 Å². The quantitative estimate of drug-likeness (QED) is 0.424. The highest BCUT2D eigenvalue weighted by Crippen LogP contribution is 2.12. The molecule has 4 aromatic rings. The van der Waals surface area contributed by atoms with Crippen molar-refractivity contribution >= 4 is 23.3 Å². The Morgan fingerprint density at radius 2 is 1.74 bits per heavy atom. The van der Waals surface area contributed by atoms with Crippen LogP contribution in [0.1, 0.15) is 17.5 Å². The second-order valence-corrected chi connectivity index (χ2v) is 7.94. The van der Waals surface area contributed by atoms with E-state index in [1.54, 1.807) is 42.4 Å². The molecular weight excluding hydrogens is 432 g/mol. The number of carbonyl (C=O) groups excluding carboxylic acids is 2. The van der Waals surface area contributed by atoms with Crippen LogP contribution >= 0.6 is 0 Å². The van der Waals surface area contributed by atoms with Gasteiger partial charge in [-0.1, -0.05) is 48.5 Å². The van der Waals surface area contributed by atoms with E-state index < -0.39 is 0 Å². The van der Waals surface area contributed by atoms with Gasteiger partial charge in [-0.05, 0) is 35.4 Å². The summed E-state index contributed by atoms with van der Waals surface area (Å²) < 4.78 is 2.87. The highest BCUT2D eigenvalue weighted by Gasteiger charge is 2.11. The van der Waals surface area contributed by atoms with Gasteiger partial charge in [-0.3, -0.25) is 9.20 Å². The number of nitrogens with one attached hydrogen (secondary N) is 2. The predicted octanol–water partition coefficient (Wildman–Crippen LogP) is 2.71. The molecule has 0 atom stereocenters. The minimum absolute atomic E-state index is 0.140. The summed E-state index contributed by atoms with van der Waals surface area (Å²) in [7, 11) is 1.71. The number of hydrogen-bond donors (Lipinski definition) is 2. The number of nitrogens with zero attached hydrogens (tertiary/aromatic N) is 4. The van der Waals surface area contributed by atoms with Crippen LogP contribution < -0.4 is 16.3 Å². The third-order valence-corrected chi connectivity index (χ3v) is 5.27. The largest absolute Gasteiger partial charge is 0.350 e. The highest BCUT2D eigenvalue weighted by molar-refractivity contribution is 5.91. The first-order chi connectivity index (χ1) is 16.5. The summed E-state index contributed by atoms with van der Waals surface area (Å²) >= 11 is 0. The number of benzene rings is 2. The van der Waals surface area contributed by atoms with Gasteiger partial charge < -0.3 is 15.5 Å². The normalized spacial score (nSPS) is 10.7. The van der Waals surface area contributed by atoms with Gasteiger partial charge in [-0.2, -0.15) is 0 Å². The number of rotatable bonds is 8. The summed E-state index contributed by atoms with van der Waals surface area (Å²) in [5.74, 6) is -0.215. The van der Waals surface area contributed by atoms with Gasteiger partial charge in [0.2, 0.25) is 5.91 Å². The van der Waals surface area contributed by atoms with Crippen molar-refractivity contribution in [2.24, 2.45) is 0 Å². The van der Waals surface area contributed by atoms with Crippen molar-refractivity contribution in [1.29, 1.82) is 0 Å². The number of amides is 3. The zero-order valence-electron chi connectivity index (χ0n) is 18.8. The highest BCUT2D eigenvalue weighted by atomic mass is 16.2. The van der Waals surface area contributed by atoms with Crippen LogP contribution in [0.25, 0.3) is 5.65 Å². The molecule has 0 saturated heterocycles. The van der Waals surface area contributed by atoms with Gasteiger partial charge in [0, 0.05) is 38.4 Å². The first-order valence-corrected chi connectivity index (χ1v) is 11.0. The Hall–Kier alpha value is -4.40. The molecule has 3 amide bonds. The van der Waals surface area contributed by atoms with Gasteiger partial charge in [-0.25, -0.2) is 14.3 Å². The molecule has 0 aliphatic heterocycles. The smallest absolute Gasteiger partial charge is 0.337 e. The number of pyridine rings is 1. The molecule has 0 aliphatic rings. The molecule has 0 saturated carbocycles. The molecule has 9 heteroatoms. The number of hydrogen-bond acceptors (Lipinski definition) is 4. The molecule has 0 unspecified atom stereocenters. The second kappa shape index (κ2) is 10.5. The van der Waals surface area contributed by atoms with E-state index in [9.17, 15) is 14.4 Å². The third-order valence-electron chi connectivity index (χ3n) is 5.27. The van der Waals surface area contributed by atoms with E-state index in [1.807, 2.05) is 48.5 Å². The van der Waals surface area contributed by atoms with E-state index >= 15 is 0 Å². The van der Waals surface area contributed by atoms with Crippen molar-refractivity contribution in [3.63, 3.8) is 0 Å². The Morgan fingerprint density at radius 1 is 0.971 bits per heavy atom. The lowest BCUT2D eigenvalue weighted by molar-refractivity contribution is -0.116. The summed E-state index contributed by atoms with van der Waals surface area (Å²) in [6.07, 6.45) is 1.82. The van der Waals surface area contributed by atoms with E-state index in [-0.39, 0.29) is 37.1 Å². The van der Waals surface area contributed by atoms with Crippen LogP contribution in [0.5, 0.6) is 0 Å². The maximum atomic E-state index is 12.5. The van der Waals surface area contributed by atoms with Crippen molar-refractivity contribution < 1.29 is 9.59 Å². The molecule has 0 aliphatic carbocycles. The molecule has 0 fully saturated rings. The van der Waals surface area contributed by atoms with E-state index in [0.717, 1.165) is 11.1 Å². The molecule has 34 heavy (non-hydrogen) atoms. The van der Waals surface area contributed by atoms with Crippen molar-refractivity contribution in [3.05, 3.63) is 101 Å². The lowest BCUT2D eigenvalue weighted by Gasteiger charge is -2.18. The van der Waals surface area contributed by atoms with Gasteiger partial charge >= 0.3 is 11.7 Å². The maximum Gasteiger partial charge on any atom is 0.350 e. The van der Waals surface area contributed by atoms with E-state index in [4.69, 9.17) is 0 Å². The fourth-order valence-electron chi connectivity index (χ4n) is 3.56. The summed E-state index contributed by atoms with van der Waals surface area (Å²) in [5.41, 5.74) is 2.83. The van der Waals surface area contributed by atoms with Crippen LogP contribution in [0.3, 0.4) is 0 Å². The molecule has 0 spiro atoms. The molecule has 2 heterocycles. The zero-order chi connectivity index (χ0) is 23.9. The number of aromatic nitrogens is 3. The van der Waals surface area contributed by atoms with Crippen molar-refractivity contribution in [3.8, 4) is 0 Å². The topological polar surface area (TPSA) is 101 Å². The number of urea groups is 1. The van der Waals surface area contributed by atoms with Crippen molar-refractivity contribution in [2.45, 2.75) is 19.5 Å². The fourth-order valence-corrected chi connectivity index (χ4v) is 3.56. The molecule has 2 aromatic heterocycles.